The Hall–Kier alpha value is -1.68. The van der Waals surface area contributed by atoms with Crippen LogP contribution in [-0.2, 0) is 15.9 Å². The number of hydrogen-bond acceptors (Lipinski definition) is 3. The van der Waals surface area contributed by atoms with Crippen molar-refractivity contribution in [1.82, 2.24) is 4.90 Å². The number of fused-ring (bicyclic) bond motifs is 2. The highest BCUT2D eigenvalue weighted by atomic mass is 16.7. The topological polar surface area (TPSA) is 21.7 Å². The van der Waals surface area contributed by atoms with Crippen LogP contribution in [0.2, 0.25) is 0 Å². The van der Waals surface area contributed by atoms with Crippen LogP contribution >= 0.6 is 0 Å². The van der Waals surface area contributed by atoms with E-state index in [-0.39, 0.29) is 12.3 Å². The van der Waals surface area contributed by atoms with Crippen LogP contribution in [0.25, 0.3) is 0 Å². The Labute approximate surface area is 149 Å². The molecule has 25 heavy (non-hydrogen) atoms. The molecule has 2 aliphatic heterocycles. The summed E-state index contributed by atoms with van der Waals surface area (Å²) in [5.74, 6) is 1.02. The smallest absolute Gasteiger partial charge is 0.149 e. The molecule has 2 fully saturated rings. The number of nitrogens with zero attached hydrogens (tertiary/aromatic N) is 1. The predicted molar refractivity (Wildman–Crippen MR) is 97.5 cm³/mol. The summed E-state index contributed by atoms with van der Waals surface area (Å²) in [7, 11) is 0. The van der Waals surface area contributed by atoms with Crippen LogP contribution in [0.3, 0.4) is 0 Å². The number of benzene rings is 2. The molecule has 0 spiro atoms. The number of hydrogen-bond donors (Lipinski definition) is 0. The third-order valence-corrected chi connectivity index (χ3v) is 6.14. The van der Waals surface area contributed by atoms with Crippen molar-refractivity contribution in [2.75, 3.05) is 19.9 Å². The van der Waals surface area contributed by atoms with Gasteiger partial charge in [0.15, 0.2) is 0 Å². The van der Waals surface area contributed by atoms with Crippen LogP contribution in [0.4, 0.5) is 0 Å². The van der Waals surface area contributed by atoms with Gasteiger partial charge in [-0.2, -0.15) is 0 Å². The van der Waals surface area contributed by atoms with Crippen molar-refractivity contribution in [3.05, 3.63) is 71.3 Å². The fourth-order valence-electron chi connectivity index (χ4n) is 4.95. The van der Waals surface area contributed by atoms with E-state index in [2.05, 4.69) is 59.5 Å². The first kappa shape index (κ1) is 15.6. The minimum Gasteiger partial charge on any atom is -0.347 e. The highest BCUT2D eigenvalue weighted by Crippen LogP contribution is 2.40. The number of aryl methyl sites for hydroxylation is 1. The van der Waals surface area contributed by atoms with Crippen LogP contribution in [0.1, 0.15) is 41.4 Å². The maximum Gasteiger partial charge on any atom is 0.149 e. The Balaban J connectivity index is 1.38. The molecule has 0 saturated carbocycles. The molecule has 0 radical (unpaired) electrons. The summed E-state index contributed by atoms with van der Waals surface area (Å²) in [6.45, 7) is 2.53. The van der Waals surface area contributed by atoms with Gasteiger partial charge in [0.05, 0.1) is 0 Å². The summed E-state index contributed by atoms with van der Waals surface area (Å²) >= 11 is 0. The van der Waals surface area contributed by atoms with E-state index >= 15 is 0 Å². The van der Waals surface area contributed by atoms with Gasteiger partial charge in [0.2, 0.25) is 0 Å². The first-order valence-corrected chi connectivity index (χ1v) is 9.50. The van der Waals surface area contributed by atoms with Crippen molar-refractivity contribution in [1.29, 1.82) is 0 Å². The van der Waals surface area contributed by atoms with E-state index in [0.717, 1.165) is 13.1 Å². The second-order valence-electron chi connectivity index (χ2n) is 7.57. The van der Waals surface area contributed by atoms with Crippen molar-refractivity contribution < 1.29 is 9.47 Å². The Bertz CT molecular complexity index is 732. The first-order chi connectivity index (χ1) is 12.4. The zero-order chi connectivity index (χ0) is 16.6. The van der Waals surface area contributed by atoms with Crippen LogP contribution in [0.15, 0.2) is 54.6 Å². The van der Waals surface area contributed by atoms with Gasteiger partial charge in [0, 0.05) is 19.0 Å². The molecule has 5 rings (SSSR count). The van der Waals surface area contributed by atoms with E-state index < -0.39 is 0 Å². The zero-order valence-corrected chi connectivity index (χ0v) is 14.5. The van der Waals surface area contributed by atoms with Crippen LogP contribution in [-0.4, -0.2) is 37.1 Å². The Morgan fingerprint density at radius 3 is 2.72 bits per heavy atom. The molecular weight excluding hydrogens is 310 g/mol. The van der Waals surface area contributed by atoms with Crippen molar-refractivity contribution in [2.24, 2.45) is 0 Å². The largest absolute Gasteiger partial charge is 0.347 e. The molecule has 2 aromatic carbocycles. The summed E-state index contributed by atoms with van der Waals surface area (Å²) in [5, 5.41) is 0. The van der Waals surface area contributed by atoms with Gasteiger partial charge >= 0.3 is 0 Å². The maximum absolute atomic E-state index is 5.97. The summed E-state index contributed by atoms with van der Waals surface area (Å²) in [6, 6.07) is 19.8. The monoisotopic (exact) mass is 335 g/mol. The van der Waals surface area contributed by atoms with Crippen molar-refractivity contribution in [2.45, 2.75) is 43.4 Å². The second-order valence-corrected chi connectivity index (χ2v) is 7.57. The standard InChI is InChI=1S/C22H25NO2/c1-2-7-17(8-3-1)20-14-23(22-21(20)24-15-25-22)13-18-11-6-10-16-9-4-5-12-19(16)18/h1-5,7-9,12,18,20-22H,6,10-11,13-15H2. The average molecular weight is 335 g/mol. The highest BCUT2D eigenvalue weighted by molar-refractivity contribution is 5.33. The van der Waals surface area contributed by atoms with Gasteiger partial charge in [0.25, 0.3) is 0 Å². The summed E-state index contributed by atoms with van der Waals surface area (Å²) in [4.78, 5) is 2.53. The van der Waals surface area contributed by atoms with E-state index in [9.17, 15) is 0 Å². The van der Waals surface area contributed by atoms with Gasteiger partial charge in [-0.1, -0.05) is 54.6 Å². The molecule has 0 N–H and O–H groups in total. The Morgan fingerprint density at radius 2 is 1.80 bits per heavy atom. The van der Waals surface area contributed by atoms with Gasteiger partial charge in [-0.15, -0.1) is 0 Å². The Morgan fingerprint density at radius 1 is 0.960 bits per heavy atom. The SMILES string of the molecule is c1ccc(C2CN(CC3CCCc4ccccc43)C3OCOC23)cc1. The van der Waals surface area contributed by atoms with Crippen molar-refractivity contribution in [3.63, 3.8) is 0 Å². The van der Waals surface area contributed by atoms with E-state index in [0.29, 0.717) is 18.6 Å². The van der Waals surface area contributed by atoms with Crippen molar-refractivity contribution >= 4 is 0 Å². The summed E-state index contributed by atoms with van der Waals surface area (Å²) in [5.41, 5.74) is 4.46. The lowest BCUT2D eigenvalue weighted by atomic mass is 9.82. The molecule has 0 aromatic heterocycles. The molecule has 3 aliphatic rings. The van der Waals surface area contributed by atoms with Gasteiger partial charge in [0.1, 0.15) is 19.1 Å². The molecule has 4 unspecified atom stereocenters. The first-order valence-electron chi connectivity index (χ1n) is 9.50. The lowest BCUT2D eigenvalue weighted by Gasteiger charge is -2.31. The fraction of sp³-hybridized carbons (Fsp3) is 0.455. The van der Waals surface area contributed by atoms with E-state index in [4.69, 9.17) is 9.47 Å². The Kier molecular flexibility index (Phi) is 4.09. The quantitative estimate of drug-likeness (QED) is 0.849. The molecular formula is C22H25NO2. The second kappa shape index (κ2) is 6.56. The summed E-state index contributed by atoms with van der Waals surface area (Å²) < 4.78 is 11.9. The van der Waals surface area contributed by atoms with Crippen LogP contribution in [0.5, 0.6) is 0 Å². The van der Waals surface area contributed by atoms with Crippen molar-refractivity contribution in [3.8, 4) is 0 Å². The molecule has 3 heteroatoms. The van der Waals surface area contributed by atoms with E-state index in [1.54, 1.807) is 5.56 Å². The van der Waals surface area contributed by atoms with E-state index in [1.807, 2.05) is 0 Å². The third-order valence-electron chi connectivity index (χ3n) is 6.14. The van der Waals surface area contributed by atoms with E-state index in [1.165, 1.54) is 30.4 Å². The third kappa shape index (κ3) is 2.80. The molecule has 2 aromatic rings. The number of rotatable bonds is 3. The molecule has 4 atom stereocenters. The molecule has 2 saturated heterocycles. The molecule has 0 bridgehead atoms. The fourth-order valence-corrected chi connectivity index (χ4v) is 4.95. The highest BCUT2D eigenvalue weighted by Gasteiger charge is 2.47. The maximum atomic E-state index is 5.97. The lowest BCUT2D eigenvalue weighted by molar-refractivity contribution is -0.0230. The molecule has 3 nitrogen and oxygen atoms in total. The lowest BCUT2D eigenvalue weighted by Crippen LogP contribution is -2.37. The van der Waals surface area contributed by atoms with Gasteiger partial charge in [-0.05, 0) is 41.9 Å². The molecule has 0 amide bonds. The van der Waals surface area contributed by atoms with Crippen LogP contribution < -0.4 is 0 Å². The van der Waals surface area contributed by atoms with Gasteiger partial charge in [-0.3, -0.25) is 4.90 Å². The van der Waals surface area contributed by atoms with Crippen LogP contribution in [0, 0.1) is 0 Å². The normalized spacial score (nSPS) is 31.7. The average Bonchev–Trinajstić information content (AvgIpc) is 3.27. The molecule has 2 heterocycles. The summed E-state index contributed by atoms with van der Waals surface area (Å²) in [6.07, 6.45) is 4.08. The minimum absolute atomic E-state index is 0.110. The minimum atomic E-state index is 0.110. The molecule has 1 aliphatic carbocycles. The zero-order valence-electron chi connectivity index (χ0n) is 14.5. The van der Waals surface area contributed by atoms with Gasteiger partial charge in [-0.25, -0.2) is 0 Å². The number of ether oxygens (including phenoxy) is 2. The van der Waals surface area contributed by atoms with Gasteiger partial charge < -0.3 is 9.47 Å². The number of likely N-dealkylation sites (tertiary alicyclic amines) is 1. The predicted octanol–water partition coefficient (Wildman–Crippen LogP) is 3.90. The molecule has 130 valence electrons.